The summed E-state index contributed by atoms with van der Waals surface area (Å²) in [5, 5.41) is 2.68. The van der Waals surface area contributed by atoms with Gasteiger partial charge in [0.15, 0.2) is 0 Å². The molecule has 0 spiro atoms. The topological polar surface area (TPSA) is 46.2 Å². The smallest absolute Gasteiger partial charge is 0.231 e. The SMILES string of the molecule is CCCCCCCCCCCCCC([C]=O)C(=O)NCC. The van der Waals surface area contributed by atoms with Gasteiger partial charge in [-0.1, -0.05) is 77.6 Å². The van der Waals surface area contributed by atoms with Crippen LogP contribution < -0.4 is 5.32 Å². The first-order chi connectivity index (χ1) is 10.3. The molecule has 3 nitrogen and oxygen atoms in total. The van der Waals surface area contributed by atoms with Crippen molar-refractivity contribution in [3.63, 3.8) is 0 Å². The van der Waals surface area contributed by atoms with Crippen LogP contribution in [0.4, 0.5) is 0 Å². The van der Waals surface area contributed by atoms with Gasteiger partial charge < -0.3 is 5.32 Å². The average molecular weight is 296 g/mol. The molecule has 3 heteroatoms. The van der Waals surface area contributed by atoms with Crippen molar-refractivity contribution in [3.05, 3.63) is 0 Å². The third kappa shape index (κ3) is 12.6. The monoisotopic (exact) mass is 296 g/mol. The summed E-state index contributed by atoms with van der Waals surface area (Å²) in [5.74, 6) is -0.733. The van der Waals surface area contributed by atoms with E-state index >= 15 is 0 Å². The molecule has 0 heterocycles. The van der Waals surface area contributed by atoms with E-state index in [-0.39, 0.29) is 5.91 Å². The predicted octanol–water partition coefficient (Wildman–Crippen LogP) is 4.55. The Bertz CT molecular complexity index is 254. The quantitative estimate of drug-likeness (QED) is 0.356. The molecular formula is C18H34NO2. The number of carbonyl (C=O) groups excluding carboxylic acids is 2. The lowest BCUT2D eigenvalue weighted by atomic mass is 10.00. The molecule has 0 saturated carbocycles. The Morgan fingerprint density at radius 2 is 1.33 bits per heavy atom. The zero-order valence-electron chi connectivity index (χ0n) is 14.1. The van der Waals surface area contributed by atoms with E-state index in [1.807, 2.05) is 13.2 Å². The summed E-state index contributed by atoms with van der Waals surface area (Å²) in [6.45, 7) is 4.69. The van der Waals surface area contributed by atoms with Crippen LogP contribution in [0.25, 0.3) is 0 Å². The van der Waals surface area contributed by atoms with Gasteiger partial charge >= 0.3 is 0 Å². The fourth-order valence-corrected chi connectivity index (χ4v) is 2.55. The normalized spacial score (nSPS) is 12.1. The average Bonchev–Trinajstić information content (AvgIpc) is 2.48. The third-order valence-electron chi connectivity index (χ3n) is 3.91. The van der Waals surface area contributed by atoms with E-state index < -0.39 is 5.92 Å². The molecule has 21 heavy (non-hydrogen) atoms. The highest BCUT2D eigenvalue weighted by molar-refractivity contribution is 5.91. The maximum Gasteiger partial charge on any atom is 0.231 e. The van der Waals surface area contributed by atoms with Crippen molar-refractivity contribution < 1.29 is 9.59 Å². The largest absolute Gasteiger partial charge is 0.356 e. The number of amides is 1. The molecule has 0 bridgehead atoms. The first-order valence-corrected chi connectivity index (χ1v) is 8.91. The van der Waals surface area contributed by atoms with Crippen molar-refractivity contribution in [1.82, 2.24) is 5.32 Å². The molecular weight excluding hydrogens is 262 g/mol. The second kappa shape index (κ2) is 15.5. The molecule has 123 valence electrons. The number of hydrogen-bond donors (Lipinski definition) is 1. The van der Waals surface area contributed by atoms with Crippen molar-refractivity contribution in [2.45, 2.75) is 90.9 Å². The van der Waals surface area contributed by atoms with Gasteiger partial charge in [-0.15, -0.1) is 0 Å². The molecule has 0 aromatic heterocycles. The molecule has 0 aromatic rings. The Hall–Kier alpha value is -0.860. The summed E-state index contributed by atoms with van der Waals surface area (Å²) in [6, 6.07) is 0. The molecule has 1 unspecified atom stereocenters. The lowest BCUT2D eigenvalue weighted by Crippen LogP contribution is -2.31. The standard InChI is InChI=1S/C18H34NO2/c1-3-5-6-7-8-9-10-11-12-13-14-15-17(16-20)18(21)19-4-2/h17H,3-15H2,1-2H3,(H,19,21). The van der Waals surface area contributed by atoms with Crippen molar-refractivity contribution >= 4 is 12.2 Å². The number of nitrogens with one attached hydrogen (secondary N) is 1. The van der Waals surface area contributed by atoms with Crippen molar-refractivity contribution in [1.29, 1.82) is 0 Å². The molecule has 0 aliphatic rings. The molecule has 0 aliphatic heterocycles. The summed E-state index contributed by atoms with van der Waals surface area (Å²) in [4.78, 5) is 22.3. The van der Waals surface area contributed by atoms with E-state index in [4.69, 9.17) is 0 Å². The van der Waals surface area contributed by atoms with Crippen LogP contribution in [0.2, 0.25) is 0 Å². The second-order valence-corrected chi connectivity index (χ2v) is 5.89. The van der Waals surface area contributed by atoms with Crippen LogP contribution in [0.15, 0.2) is 0 Å². The van der Waals surface area contributed by atoms with Crippen LogP contribution in [0.3, 0.4) is 0 Å². The Morgan fingerprint density at radius 3 is 1.76 bits per heavy atom. The number of hydrogen-bond acceptors (Lipinski definition) is 2. The van der Waals surface area contributed by atoms with E-state index in [9.17, 15) is 9.59 Å². The second-order valence-electron chi connectivity index (χ2n) is 5.89. The third-order valence-corrected chi connectivity index (χ3v) is 3.91. The van der Waals surface area contributed by atoms with Gasteiger partial charge in [-0.25, -0.2) is 0 Å². The maximum absolute atomic E-state index is 11.5. The molecule has 1 amide bonds. The Kier molecular flexibility index (Phi) is 14.9. The summed E-state index contributed by atoms with van der Waals surface area (Å²) in [6.07, 6.45) is 16.6. The predicted molar refractivity (Wildman–Crippen MR) is 88.9 cm³/mol. The van der Waals surface area contributed by atoms with Crippen LogP contribution >= 0.6 is 0 Å². The molecule has 0 aromatic carbocycles. The van der Waals surface area contributed by atoms with Gasteiger partial charge in [0.05, 0.1) is 0 Å². The lowest BCUT2D eigenvalue weighted by Gasteiger charge is -2.09. The Balaban J connectivity index is 3.34. The minimum atomic E-state index is -0.566. The Labute approximate surface area is 131 Å². The van der Waals surface area contributed by atoms with Crippen LogP contribution in [0.5, 0.6) is 0 Å². The number of rotatable bonds is 15. The highest BCUT2D eigenvalue weighted by Gasteiger charge is 2.16. The number of unbranched alkanes of at least 4 members (excludes halogenated alkanes) is 10. The first-order valence-electron chi connectivity index (χ1n) is 8.91. The summed E-state index contributed by atoms with van der Waals surface area (Å²) in [7, 11) is 0. The molecule has 1 N–H and O–H groups in total. The summed E-state index contributed by atoms with van der Waals surface area (Å²) >= 11 is 0. The van der Waals surface area contributed by atoms with Gasteiger partial charge in [0, 0.05) is 6.54 Å². The van der Waals surface area contributed by atoms with Crippen LogP contribution in [-0.4, -0.2) is 18.7 Å². The maximum atomic E-state index is 11.5. The van der Waals surface area contributed by atoms with Crippen LogP contribution in [0.1, 0.15) is 90.9 Å². The molecule has 0 aliphatic carbocycles. The van der Waals surface area contributed by atoms with Crippen molar-refractivity contribution in [3.8, 4) is 0 Å². The van der Waals surface area contributed by atoms with Gasteiger partial charge in [-0.05, 0) is 13.3 Å². The van der Waals surface area contributed by atoms with Crippen LogP contribution in [0, 0.1) is 5.92 Å². The lowest BCUT2D eigenvalue weighted by molar-refractivity contribution is -0.123. The molecule has 1 atom stereocenters. The van der Waals surface area contributed by atoms with Gasteiger partial charge in [0.25, 0.3) is 0 Å². The molecule has 1 radical (unpaired) electrons. The highest BCUT2D eigenvalue weighted by atomic mass is 16.2. The molecule has 0 saturated heterocycles. The fourth-order valence-electron chi connectivity index (χ4n) is 2.55. The van der Waals surface area contributed by atoms with Gasteiger partial charge in [0.2, 0.25) is 12.2 Å². The summed E-state index contributed by atoms with van der Waals surface area (Å²) in [5.41, 5.74) is 0. The number of carbonyl (C=O) groups is 1. The zero-order valence-corrected chi connectivity index (χ0v) is 14.1. The van der Waals surface area contributed by atoms with E-state index in [1.165, 1.54) is 57.8 Å². The van der Waals surface area contributed by atoms with E-state index in [2.05, 4.69) is 12.2 Å². The van der Waals surface area contributed by atoms with Gasteiger partial charge in [-0.3, -0.25) is 9.59 Å². The minimum Gasteiger partial charge on any atom is -0.356 e. The highest BCUT2D eigenvalue weighted by Crippen LogP contribution is 2.13. The van der Waals surface area contributed by atoms with Crippen molar-refractivity contribution in [2.24, 2.45) is 5.92 Å². The fraction of sp³-hybridized carbons (Fsp3) is 0.889. The van der Waals surface area contributed by atoms with Gasteiger partial charge in [-0.2, -0.15) is 0 Å². The van der Waals surface area contributed by atoms with E-state index in [0.717, 1.165) is 12.8 Å². The van der Waals surface area contributed by atoms with E-state index in [1.54, 1.807) is 0 Å². The zero-order chi connectivity index (χ0) is 15.8. The minimum absolute atomic E-state index is 0.167. The van der Waals surface area contributed by atoms with Crippen LogP contribution in [-0.2, 0) is 9.59 Å². The summed E-state index contributed by atoms with van der Waals surface area (Å²) < 4.78 is 0. The van der Waals surface area contributed by atoms with E-state index in [0.29, 0.717) is 13.0 Å². The van der Waals surface area contributed by atoms with Crippen molar-refractivity contribution in [2.75, 3.05) is 6.54 Å². The molecule has 0 rings (SSSR count). The Morgan fingerprint density at radius 1 is 0.857 bits per heavy atom. The first kappa shape index (κ1) is 20.1. The molecule has 0 fully saturated rings. The van der Waals surface area contributed by atoms with Gasteiger partial charge in [0.1, 0.15) is 5.92 Å².